The SMILES string of the molecule is COC(=O)c1cnc(N2CCC(c3ccccc3)C2)c([N+](=O)[O-])c1. The van der Waals surface area contributed by atoms with E-state index in [0.29, 0.717) is 24.8 Å². The number of rotatable bonds is 4. The maximum absolute atomic E-state index is 11.6. The molecule has 0 spiro atoms. The van der Waals surface area contributed by atoms with Gasteiger partial charge < -0.3 is 9.64 Å². The Labute approximate surface area is 139 Å². The van der Waals surface area contributed by atoms with Crippen molar-refractivity contribution in [1.82, 2.24) is 4.98 Å². The Morgan fingerprint density at radius 3 is 2.79 bits per heavy atom. The molecule has 1 atom stereocenters. The molecule has 7 nitrogen and oxygen atoms in total. The Bertz CT molecular complexity index is 764. The van der Waals surface area contributed by atoms with E-state index in [1.807, 2.05) is 23.1 Å². The number of hydrogen-bond donors (Lipinski definition) is 0. The third-order valence-electron chi connectivity index (χ3n) is 4.22. The lowest BCUT2D eigenvalue weighted by Gasteiger charge is -2.17. The molecule has 1 aliphatic rings. The van der Waals surface area contributed by atoms with Crippen molar-refractivity contribution in [2.24, 2.45) is 0 Å². The minimum Gasteiger partial charge on any atom is -0.465 e. The molecule has 0 aliphatic carbocycles. The van der Waals surface area contributed by atoms with Crippen LogP contribution in [0.25, 0.3) is 0 Å². The van der Waals surface area contributed by atoms with E-state index in [0.717, 1.165) is 6.42 Å². The van der Waals surface area contributed by atoms with Gasteiger partial charge in [-0.3, -0.25) is 10.1 Å². The number of nitro groups is 1. The molecule has 1 aliphatic heterocycles. The first-order chi connectivity index (χ1) is 11.6. The normalized spacial score (nSPS) is 16.9. The van der Waals surface area contributed by atoms with Gasteiger partial charge in [-0.1, -0.05) is 30.3 Å². The summed E-state index contributed by atoms with van der Waals surface area (Å²) in [6, 6.07) is 11.3. The van der Waals surface area contributed by atoms with Crippen LogP contribution in [-0.4, -0.2) is 36.1 Å². The van der Waals surface area contributed by atoms with Gasteiger partial charge in [0.25, 0.3) is 0 Å². The number of anilines is 1. The Kier molecular flexibility index (Phi) is 4.41. The quantitative estimate of drug-likeness (QED) is 0.487. The zero-order valence-corrected chi connectivity index (χ0v) is 13.2. The van der Waals surface area contributed by atoms with Crippen LogP contribution in [-0.2, 0) is 4.74 Å². The summed E-state index contributed by atoms with van der Waals surface area (Å²) in [7, 11) is 1.23. The van der Waals surface area contributed by atoms with Crippen LogP contribution in [0.1, 0.15) is 28.3 Å². The number of pyridine rings is 1. The molecule has 0 radical (unpaired) electrons. The Hall–Kier alpha value is -2.96. The fourth-order valence-corrected chi connectivity index (χ4v) is 3.00. The van der Waals surface area contributed by atoms with E-state index in [4.69, 9.17) is 0 Å². The molecule has 1 fully saturated rings. The number of hydrogen-bond acceptors (Lipinski definition) is 6. The topological polar surface area (TPSA) is 85.6 Å². The van der Waals surface area contributed by atoms with Crippen molar-refractivity contribution < 1.29 is 14.5 Å². The summed E-state index contributed by atoms with van der Waals surface area (Å²) in [4.78, 5) is 28.5. The maximum atomic E-state index is 11.6. The van der Waals surface area contributed by atoms with E-state index >= 15 is 0 Å². The molecule has 3 rings (SSSR count). The number of esters is 1. The summed E-state index contributed by atoms with van der Waals surface area (Å²) in [5.41, 5.74) is 1.12. The van der Waals surface area contributed by atoms with Crippen LogP contribution < -0.4 is 4.90 Å². The molecule has 0 N–H and O–H groups in total. The summed E-state index contributed by atoms with van der Waals surface area (Å²) >= 11 is 0. The highest BCUT2D eigenvalue weighted by Crippen LogP contribution is 2.34. The van der Waals surface area contributed by atoms with Gasteiger partial charge in [-0.05, 0) is 12.0 Å². The summed E-state index contributed by atoms with van der Waals surface area (Å²) in [6.07, 6.45) is 2.23. The molecule has 1 aromatic heterocycles. The predicted octanol–water partition coefficient (Wildman–Crippen LogP) is 2.77. The molecule has 7 heteroatoms. The van der Waals surface area contributed by atoms with E-state index in [1.54, 1.807) is 0 Å². The molecular weight excluding hydrogens is 310 g/mol. The predicted molar refractivity (Wildman–Crippen MR) is 88.2 cm³/mol. The van der Waals surface area contributed by atoms with Gasteiger partial charge in [0.2, 0.25) is 5.82 Å². The monoisotopic (exact) mass is 327 g/mol. The van der Waals surface area contributed by atoms with E-state index in [-0.39, 0.29) is 11.3 Å². The Balaban J connectivity index is 1.87. The molecule has 2 heterocycles. The Morgan fingerprint density at radius 1 is 1.38 bits per heavy atom. The highest BCUT2D eigenvalue weighted by Gasteiger charge is 2.30. The van der Waals surface area contributed by atoms with E-state index in [2.05, 4.69) is 21.9 Å². The van der Waals surface area contributed by atoms with Crippen molar-refractivity contribution in [3.63, 3.8) is 0 Å². The zero-order valence-electron chi connectivity index (χ0n) is 13.2. The fourth-order valence-electron chi connectivity index (χ4n) is 3.00. The number of nitrogens with zero attached hydrogens (tertiary/aromatic N) is 3. The zero-order chi connectivity index (χ0) is 17.1. The minimum atomic E-state index is -0.638. The number of benzene rings is 1. The Morgan fingerprint density at radius 2 is 2.12 bits per heavy atom. The molecule has 0 bridgehead atoms. The first-order valence-electron chi connectivity index (χ1n) is 7.63. The van der Waals surface area contributed by atoms with E-state index in [1.165, 1.54) is 24.9 Å². The highest BCUT2D eigenvalue weighted by atomic mass is 16.6. The lowest BCUT2D eigenvalue weighted by atomic mass is 9.99. The molecule has 1 aromatic carbocycles. The van der Waals surface area contributed by atoms with Gasteiger partial charge in [0.05, 0.1) is 17.6 Å². The second-order valence-electron chi connectivity index (χ2n) is 5.66. The van der Waals surface area contributed by atoms with Gasteiger partial charge >= 0.3 is 11.7 Å². The third-order valence-corrected chi connectivity index (χ3v) is 4.22. The van der Waals surface area contributed by atoms with Crippen molar-refractivity contribution in [3.05, 3.63) is 63.8 Å². The van der Waals surface area contributed by atoms with Crippen molar-refractivity contribution >= 4 is 17.5 Å². The average Bonchev–Trinajstić information content (AvgIpc) is 3.11. The minimum absolute atomic E-state index is 0.0757. The van der Waals surface area contributed by atoms with Crippen LogP contribution >= 0.6 is 0 Å². The molecule has 2 aromatic rings. The van der Waals surface area contributed by atoms with Crippen LogP contribution in [0, 0.1) is 10.1 Å². The summed E-state index contributed by atoms with van der Waals surface area (Å²) < 4.78 is 4.60. The van der Waals surface area contributed by atoms with Crippen LogP contribution in [0.2, 0.25) is 0 Å². The van der Waals surface area contributed by atoms with Crippen LogP contribution in [0.3, 0.4) is 0 Å². The molecule has 24 heavy (non-hydrogen) atoms. The van der Waals surface area contributed by atoms with Gasteiger partial charge in [-0.25, -0.2) is 9.78 Å². The van der Waals surface area contributed by atoms with Gasteiger partial charge in [0, 0.05) is 31.3 Å². The lowest BCUT2D eigenvalue weighted by Crippen LogP contribution is -2.22. The summed E-state index contributed by atoms with van der Waals surface area (Å²) in [5.74, 6) is -0.0281. The molecule has 1 saturated heterocycles. The molecule has 124 valence electrons. The van der Waals surface area contributed by atoms with Crippen molar-refractivity contribution in [2.45, 2.75) is 12.3 Å². The molecule has 0 amide bonds. The number of carbonyl (C=O) groups excluding carboxylic acids is 1. The van der Waals surface area contributed by atoms with Crippen molar-refractivity contribution in [3.8, 4) is 0 Å². The largest absolute Gasteiger partial charge is 0.465 e. The smallest absolute Gasteiger partial charge is 0.339 e. The first-order valence-corrected chi connectivity index (χ1v) is 7.63. The second kappa shape index (κ2) is 6.66. The molecule has 0 saturated carbocycles. The van der Waals surface area contributed by atoms with Gasteiger partial charge in [-0.15, -0.1) is 0 Å². The van der Waals surface area contributed by atoms with Gasteiger partial charge in [0.15, 0.2) is 0 Å². The van der Waals surface area contributed by atoms with E-state index in [9.17, 15) is 14.9 Å². The summed E-state index contributed by atoms with van der Waals surface area (Å²) in [6.45, 7) is 1.35. The van der Waals surface area contributed by atoms with Crippen LogP contribution in [0.15, 0.2) is 42.6 Å². The average molecular weight is 327 g/mol. The number of methoxy groups -OCH3 is 1. The standard InChI is InChI=1S/C17H17N3O4/c1-24-17(21)14-9-15(20(22)23)16(18-10-14)19-8-7-13(11-19)12-5-3-2-4-6-12/h2-6,9-10,13H,7-8,11H2,1H3. The lowest BCUT2D eigenvalue weighted by molar-refractivity contribution is -0.384. The van der Waals surface area contributed by atoms with Crippen molar-refractivity contribution in [2.75, 3.05) is 25.1 Å². The van der Waals surface area contributed by atoms with Crippen LogP contribution in [0.4, 0.5) is 11.5 Å². The molecule has 1 unspecified atom stereocenters. The third kappa shape index (κ3) is 3.05. The number of aromatic nitrogens is 1. The fraction of sp³-hybridized carbons (Fsp3) is 0.294. The second-order valence-corrected chi connectivity index (χ2v) is 5.66. The first kappa shape index (κ1) is 15.9. The summed E-state index contributed by atoms with van der Waals surface area (Å²) in [5, 5.41) is 11.4. The number of ether oxygens (including phenoxy) is 1. The highest BCUT2D eigenvalue weighted by molar-refractivity contribution is 5.90. The number of carbonyl (C=O) groups is 1. The van der Waals surface area contributed by atoms with Crippen molar-refractivity contribution in [1.29, 1.82) is 0 Å². The van der Waals surface area contributed by atoms with Gasteiger partial charge in [-0.2, -0.15) is 0 Å². The van der Waals surface area contributed by atoms with Gasteiger partial charge in [0.1, 0.15) is 0 Å². The maximum Gasteiger partial charge on any atom is 0.339 e. The molecular formula is C17H17N3O4. The van der Waals surface area contributed by atoms with Crippen LogP contribution in [0.5, 0.6) is 0 Å². The van der Waals surface area contributed by atoms with E-state index < -0.39 is 10.9 Å².